The van der Waals surface area contributed by atoms with Crippen molar-refractivity contribution in [2.24, 2.45) is 0 Å². The largest absolute Gasteiger partial charge is 0.366 e. The van der Waals surface area contributed by atoms with Gasteiger partial charge in [-0.2, -0.15) is 0 Å². The summed E-state index contributed by atoms with van der Waals surface area (Å²) in [6.45, 7) is 7.32. The van der Waals surface area contributed by atoms with E-state index in [1.165, 1.54) is 0 Å². The number of hydrogen-bond acceptors (Lipinski definition) is 2. The number of nitrogens with zero attached hydrogens (tertiary/aromatic N) is 1. The maximum absolute atomic E-state index is 11.4. The molecule has 16 heavy (non-hydrogen) atoms. The summed E-state index contributed by atoms with van der Waals surface area (Å²) in [4.78, 5) is 11.4. The van der Waals surface area contributed by atoms with Crippen molar-refractivity contribution in [1.29, 1.82) is 0 Å². The lowest BCUT2D eigenvalue weighted by molar-refractivity contribution is -0.130. The van der Waals surface area contributed by atoms with Crippen molar-refractivity contribution in [1.82, 2.24) is 9.88 Å². The van der Waals surface area contributed by atoms with Crippen LogP contribution in [-0.4, -0.2) is 29.2 Å². The molecule has 4 heteroatoms. The molecule has 0 aliphatic heterocycles. The lowest BCUT2D eigenvalue weighted by Gasteiger charge is -2.18. The number of rotatable bonds is 5. The van der Waals surface area contributed by atoms with Gasteiger partial charge < -0.3 is 14.6 Å². The molecule has 0 atom stereocenters. The van der Waals surface area contributed by atoms with Crippen LogP contribution in [0, 0.1) is 0 Å². The van der Waals surface area contributed by atoms with Crippen LogP contribution in [0.25, 0.3) is 0 Å². The average molecular weight is 224 g/mol. The van der Waals surface area contributed by atoms with Crippen LogP contribution < -0.4 is 5.32 Å². The Bertz CT molecular complexity index is 312. The molecule has 0 saturated heterocycles. The molecule has 4 nitrogen and oxygen atoms in total. The third-order valence-corrected chi connectivity index (χ3v) is 1.99. The highest BCUT2D eigenvalue weighted by Crippen LogP contribution is 2.05. The molecule has 0 aromatic carbocycles. The third-order valence-electron chi connectivity index (χ3n) is 1.99. The molecular formula is C12H20N2O2. The van der Waals surface area contributed by atoms with Crippen LogP contribution in [0.15, 0.2) is 24.5 Å². The molecule has 0 unspecified atom stereocenters. The molecule has 1 heterocycles. The van der Waals surface area contributed by atoms with E-state index < -0.39 is 0 Å². The maximum Gasteiger partial charge on any atom is 0.246 e. The van der Waals surface area contributed by atoms with Crippen molar-refractivity contribution >= 4 is 5.91 Å². The Morgan fingerprint density at radius 2 is 1.94 bits per heavy atom. The number of ether oxygens (including phenoxy) is 1. The van der Waals surface area contributed by atoms with E-state index in [2.05, 4.69) is 5.32 Å². The van der Waals surface area contributed by atoms with Crippen LogP contribution in [0.3, 0.4) is 0 Å². The van der Waals surface area contributed by atoms with E-state index in [1.807, 2.05) is 49.9 Å². The van der Waals surface area contributed by atoms with Crippen molar-refractivity contribution in [3.05, 3.63) is 24.5 Å². The van der Waals surface area contributed by atoms with Crippen LogP contribution in [0.1, 0.15) is 20.8 Å². The fourth-order valence-electron chi connectivity index (χ4n) is 1.18. The van der Waals surface area contributed by atoms with Crippen LogP contribution in [0.2, 0.25) is 0 Å². The second-order valence-corrected chi connectivity index (χ2v) is 4.67. The van der Waals surface area contributed by atoms with E-state index in [-0.39, 0.29) is 18.1 Å². The van der Waals surface area contributed by atoms with E-state index in [0.29, 0.717) is 6.54 Å². The molecule has 0 aliphatic carbocycles. The zero-order chi connectivity index (χ0) is 12.0. The first-order valence-electron chi connectivity index (χ1n) is 5.49. The molecule has 0 saturated carbocycles. The smallest absolute Gasteiger partial charge is 0.246 e. The van der Waals surface area contributed by atoms with E-state index in [4.69, 9.17) is 4.74 Å². The van der Waals surface area contributed by atoms with E-state index in [0.717, 1.165) is 6.54 Å². The first-order chi connectivity index (χ1) is 7.47. The molecule has 0 radical (unpaired) electrons. The quantitative estimate of drug-likeness (QED) is 0.822. The van der Waals surface area contributed by atoms with Gasteiger partial charge in [0.25, 0.3) is 0 Å². The molecule has 1 N–H and O–H groups in total. The number of hydrogen-bond donors (Lipinski definition) is 1. The Balaban J connectivity index is 2.11. The molecule has 90 valence electrons. The molecule has 1 aromatic rings. The zero-order valence-electron chi connectivity index (χ0n) is 10.2. The predicted molar refractivity (Wildman–Crippen MR) is 63.1 cm³/mol. The molecule has 0 spiro atoms. The minimum Gasteiger partial charge on any atom is -0.366 e. The second kappa shape index (κ2) is 5.70. The minimum absolute atomic E-state index is 0.0675. The Kier molecular flexibility index (Phi) is 4.55. The maximum atomic E-state index is 11.4. The van der Waals surface area contributed by atoms with Crippen LogP contribution in [0.5, 0.6) is 0 Å². The lowest BCUT2D eigenvalue weighted by atomic mass is 10.2. The summed E-state index contributed by atoms with van der Waals surface area (Å²) in [6, 6.07) is 3.93. The Morgan fingerprint density at radius 3 is 2.50 bits per heavy atom. The first kappa shape index (κ1) is 12.8. The van der Waals surface area contributed by atoms with Gasteiger partial charge in [0, 0.05) is 25.5 Å². The second-order valence-electron chi connectivity index (χ2n) is 4.67. The van der Waals surface area contributed by atoms with Gasteiger partial charge in [0.2, 0.25) is 5.91 Å². The summed E-state index contributed by atoms with van der Waals surface area (Å²) in [7, 11) is 0. The SMILES string of the molecule is CC(C)(C)OCC(=O)NCCn1cccc1. The van der Waals surface area contributed by atoms with Crippen molar-refractivity contribution in [3.63, 3.8) is 0 Å². The third kappa shape index (κ3) is 5.56. The van der Waals surface area contributed by atoms with Crippen LogP contribution >= 0.6 is 0 Å². The van der Waals surface area contributed by atoms with Gasteiger partial charge in [-0.15, -0.1) is 0 Å². The Morgan fingerprint density at radius 1 is 1.31 bits per heavy atom. The molecule has 0 aliphatic rings. The summed E-state index contributed by atoms with van der Waals surface area (Å²) >= 11 is 0. The minimum atomic E-state index is -0.266. The number of nitrogens with one attached hydrogen (secondary N) is 1. The highest BCUT2D eigenvalue weighted by molar-refractivity contribution is 5.77. The lowest BCUT2D eigenvalue weighted by Crippen LogP contribution is -2.33. The van der Waals surface area contributed by atoms with Crippen molar-refractivity contribution in [2.75, 3.05) is 13.2 Å². The van der Waals surface area contributed by atoms with Crippen LogP contribution in [-0.2, 0) is 16.1 Å². The molecule has 1 amide bonds. The van der Waals surface area contributed by atoms with Gasteiger partial charge in [-0.1, -0.05) is 0 Å². The van der Waals surface area contributed by atoms with Crippen molar-refractivity contribution in [2.45, 2.75) is 32.9 Å². The number of carbonyl (C=O) groups excluding carboxylic acids is 1. The van der Waals surface area contributed by atoms with Gasteiger partial charge in [-0.3, -0.25) is 4.79 Å². The average Bonchev–Trinajstić information content (AvgIpc) is 2.66. The van der Waals surface area contributed by atoms with Gasteiger partial charge in [0.1, 0.15) is 6.61 Å². The molecule has 1 rings (SSSR count). The highest BCUT2D eigenvalue weighted by atomic mass is 16.5. The van der Waals surface area contributed by atoms with E-state index in [9.17, 15) is 4.79 Å². The van der Waals surface area contributed by atoms with Gasteiger partial charge in [-0.25, -0.2) is 0 Å². The van der Waals surface area contributed by atoms with Crippen molar-refractivity contribution < 1.29 is 9.53 Å². The fraction of sp³-hybridized carbons (Fsp3) is 0.583. The van der Waals surface area contributed by atoms with Gasteiger partial charge >= 0.3 is 0 Å². The van der Waals surface area contributed by atoms with Crippen molar-refractivity contribution in [3.8, 4) is 0 Å². The van der Waals surface area contributed by atoms with Gasteiger partial charge in [0.15, 0.2) is 0 Å². The van der Waals surface area contributed by atoms with Gasteiger partial charge in [-0.05, 0) is 32.9 Å². The zero-order valence-corrected chi connectivity index (χ0v) is 10.2. The molecule has 1 aromatic heterocycles. The number of aromatic nitrogens is 1. The molecule has 0 bridgehead atoms. The standard InChI is InChI=1S/C12H20N2O2/c1-12(2,3)16-10-11(15)13-6-9-14-7-4-5-8-14/h4-5,7-8H,6,9-10H2,1-3H3,(H,13,15). The predicted octanol–water partition coefficient (Wildman–Crippen LogP) is 1.42. The highest BCUT2D eigenvalue weighted by Gasteiger charge is 2.12. The Hall–Kier alpha value is -1.29. The number of amides is 1. The first-order valence-corrected chi connectivity index (χ1v) is 5.49. The summed E-state index contributed by atoms with van der Waals surface area (Å²) in [6.07, 6.45) is 3.94. The fourth-order valence-corrected chi connectivity index (χ4v) is 1.18. The monoisotopic (exact) mass is 224 g/mol. The van der Waals surface area contributed by atoms with Crippen LogP contribution in [0.4, 0.5) is 0 Å². The normalized spacial score (nSPS) is 11.4. The van der Waals surface area contributed by atoms with E-state index >= 15 is 0 Å². The molecule has 0 fully saturated rings. The summed E-state index contributed by atoms with van der Waals surface area (Å²) in [5, 5.41) is 2.81. The molecular weight excluding hydrogens is 204 g/mol. The van der Waals surface area contributed by atoms with E-state index in [1.54, 1.807) is 0 Å². The van der Waals surface area contributed by atoms with Gasteiger partial charge in [0.05, 0.1) is 5.60 Å². The topological polar surface area (TPSA) is 43.3 Å². The summed E-state index contributed by atoms with van der Waals surface area (Å²) in [5.41, 5.74) is -0.266. The summed E-state index contributed by atoms with van der Waals surface area (Å²) in [5.74, 6) is -0.0675. The number of carbonyl (C=O) groups is 1. The summed E-state index contributed by atoms with van der Waals surface area (Å²) < 4.78 is 7.38. The Labute approximate surface area is 96.6 Å².